The van der Waals surface area contributed by atoms with Gasteiger partial charge in [-0.15, -0.1) is 0 Å². The molecule has 0 radical (unpaired) electrons. The van der Waals surface area contributed by atoms with Gasteiger partial charge in [-0.1, -0.05) is 24.4 Å². The molecule has 0 spiro atoms. The number of aryl methyl sites for hydroxylation is 1. The third kappa shape index (κ3) is 4.78. The van der Waals surface area contributed by atoms with Crippen LogP contribution in [0.15, 0.2) is 0 Å². The second kappa shape index (κ2) is 7.70. The van der Waals surface area contributed by atoms with E-state index in [1.807, 2.05) is 0 Å². The molecule has 0 saturated heterocycles. The summed E-state index contributed by atoms with van der Waals surface area (Å²) in [5.74, 6) is 0.106. The number of nitrogens with one attached hydrogen (secondary N) is 2. The number of aromatic nitrogens is 2. The number of alkyl halides is 3. The first kappa shape index (κ1) is 18.8. The van der Waals surface area contributed by atoms with Crippen molar-refractivity contribution in [3.05, 3.63) is 16.4 Å². The van der Waals surface area contributed by atoms with Crippen LogP contribution in [-0.4, -0.2) is 27.5 Å². The van der Waals surface area contributed by atoms with Gasteiger partial charge in [-0.05, 0) is 44.3 Å². The van der Waals surface area contributed by atoms with Crippen LogP contribution in [0.1, 0.15) is 62.3 Å². The lowest BCUT2D eigenvalue weighted by molar-refractivity contribution is -0.141. The Morgan fingerprint density at radius 2 is 1.92 bits per heavy atom. The van der Waals surface area contributed by atoms with Crippen LogP contribution in [-0.2, 0) is 12.7 Å². The van der Waals surface area contributed by atoms with Gasteiger partial charge in [0.15, 0.2) is 10.8 Å². The summed E-state index contributed by atoms with van der Waals surface area (Å²) in [6.45, 7) is 0.974. The van der Waals surface area contributed by atoms with Crippen molar-refractivity contribution >= 4 is 28.9 Å². The molecule has 4 nitrogen and oxygen atoms in total. The van der Waals surface area contributed by atoms with Crippen LogP contribution in [0, 0.1) is 0 Å². The van der Waals surface area contributed by atoms with Gasteiger partial charge in [0.2, 0.25) is 0 Å². The van der Waals surface area contributed by atoms with Crippen molar-refractivity contribution in [1.29, 1.82) is 0 Å². The molecular formula is C16H22ClF3N4S. The van der Waals surface area contributed by atoms with Gasteiger partial charge in [0.1, 0.15) is 0 Å². The third-order valence-corrected chi connectivity index (χ3v) is 5.32. The Kier molecular flexibility index (Phi) is 5.78. The first-order chi connectivity index (χ1) is 11.9. The van der Waals surface area contributed by atoms with E-state index in [0.717, 1.165) is 25.7 Å². The normalized spacial score (nSPS) is 18.6. The fraction of sp³-hybridized carbons (Fsp3) is 0.750. The average molecular weight is 395 g/mol. The highest BCUT2D eigenvalue weighted by atomic mass is 35.5. The van der Waals surface area contributed by atoms with Crippen LogP contribution in [0.25, 0.3) is 0 Å². The number of hydrogen-bond acceptors (Lipinski definition) is 2. The number of nitrogens with zero attached hydrogens (tertiary/aromatic N) is 2. The molecule has 9 heteroatoms. The fourth-order valence-corrected chi connectivity index (χ4v) is 3.95. The smallest absolute Gasteiger partial charge is 0.363 e. The van der Waals surface area contributed by atoms with Crippen molar-refractivity contribution in [1.82, 2.24) is 20.4 Å². The predicted octanol–water partition coefficient (Wildman–Crippen LogP) is 4.23. The lowest BCUT2D eigenvalue weighted by Crippen LogP contribution is -2.41. The van der Waals surface area contributed by atoms with E-state index in [1.54, 1.807) is 0 Å². The second-order valence-electron chi connectivity index (χ2n) is 6.78. The summed E-state index contributed by atoms with van der Waals surface area (Å²) < 4.78 is 40.5. The van der Waals surface area contributed by atoms with Gasteiger partial charge in [-0.3, -0.25) is 4.68 Å². The topological polar surface area (TPSA) is 41.9 Å². The van der Waals surface area contributed by atoms with E-state index in [0.29, 0.717) is 36.4 Å². The molecule has 1 heterocycles. The number of rotatable bonds is 6. The van der Waals surface area contributed by atoms with E-state index in [-0.39, 0.29) is 10.9 Å². The van der Waals surface area contributed by atoms with Gasteiger partial charge in [-0.2, -0.15) is 18.3 Å². The fourth-order valence-electron chi connectivity index (χ4n) is 3.29. The van der Waals surface area contributed by atoms with Crippen LogP contribution in [0.4, 0.5) is 13.2 Å². The van der Waals surface area contributed by atoms with Crippen LogP contribution < -0.4 is 10.6 Å². The maximum Gasteiger partial charge on any atom is 0.436 e. The summed E-state index contributed by atoms with van der Waals surface area (Å²) in [4.78, 5) is 0. The van der Waals surface area contributed by atoms with E-state index in [9.17, 15) is 13.2 Å². The molecule has 0 amide bonds. The Morgan fingerprint density at radius 3 is 2.52 bits per heavy atom. The Morgan fingerprint density at radius 1 is 1.24 bits per heavy atom. The zero-order valence-corrected chi connectivity index (χ0v) is 15.4. The van der Waals surface area contributed by atoms with Crippen LogP contribution in [0.2, 0.25) is 5.02 Å². The van der Waals surface area contributed by atoms with Crippen molar-refractivity contribution in [2.75, 3.05) is 6.54 Å². The standard InChI is InChI=1S/C16H22ClF3N4S/c17-12-13(10-6-7-10)24(23-14(12)16(18,19)20)9-3-8-21-15(25)22-11-4-1-2-5-11/h10-11H,1-9H2,(H2,21,22,25). The lowest BCUT2D eigenvalue weighted by Gasteiger charge is -2.15. The monoisotopic (exact) mass is 394 g/mol. The van der Waals surface area contributed by atoms with Gasteiger partial charge < -0.3 is 10.6 Å². The summed E-state index contributed by atoms with van der Waals surface area (Å²) in [6.07, 6.45) is 2.58. The minimum absolute atomic E-state index is 0.106. The highest BCUT2D eigenvalue weighted by Gasteiger charge is 2.41. The molecule has 0 aliphatic heterocycles. The molecule has 140 valence electrons. The molecule has 2 aliphatic carbocycles. The summed E-state index contributed by atoms with van der Waals surface area (Å²) in [6, 6.07) is 0.445. The maximum atomic E-state index is 13.0. The molecule has 0 atom stereocenters. The Hall–Kier alpha value is -1.02. The lowest BCUT2D eigenvalue weighted by atomic mass is 10.2. The van der Waals surface area contributed by atoms with Crippen LogP contribution >= 0.6 is 23.8 Å². The van der Waals surface area contributed by atoms with Gasteiger partial charge in [0, 0.05) is 25.0 Å². The van der Waals surface area contributed by atoms with Crippen LogP contribution in [0.3, 0.4) is 0 Å². The van der Waals surface area contributed by atoms with E-state index >= 15 is 0 Å². The molecule has 25 heavy (non-hydrogen) atoms. The van der Waals surface area contributed by atoms with E-state index in [2.05, 4.69) is 15.7 Å². The predicted molar refractivity (Wildman–Crippen MR) is 94.8 cm³/mol. The number of thiocarbonyl (C=S) groups is 1. The van der Waals surface area contributed by atoms with Gasteiger partial charge in [0.05, 0.1) is 10.7 Å². The molecule has 0 unspecified atom stereocenters. The van der Waals surface area contributed by atoms with E-state index < -0.39 is 11.9 Å². The molecule has 2 aliphatic rings. The Bertz CT molecular complexity index is 622. The highest BCUT2D eigenvalue weighted by Crippen LogP contribution is 2.46. The maximum absolute atomic E-state index is 13.0. The Balaban J connectivity index is 1.51. The molecule has 2 fully saturated rings. The average Bonchev–Trinajstić information content (AvgIpc) is 3.11. The van der Waals surface area contributed by atoms with Gasteiger partial charge >= 0.3 is 6.18 Å². The zero-order valence-electron chi connectivity index (χ0n) is 13.8. The molecule has 0 aromatic carbocycles. The third-order valence-electron chi connectivity index (χ3n) is 4.69. The molecule has 2 saturated carbocycles. The second-order valence-corrected chi connectivity index (χ2v) is 7.56. The molecular weight excluding hydrogens is 373 g/mol. The van der Waals surface area contributed by atoms with Crippen molar-refractivity contribution in [3.8, 4) is 0 Å². The Labute approximate surface area is 155 Å². The van der Waals surface area contributed by atoms with Gasteiger partial charge in [0.25, 0.3) is 0 Å². The van der Waals surface area contributed by atoms with Crippen molar-refractivity contribution in [2.24, 2.45) is 0 Å². The molecule has 0 bridgehead atoms. The van der Waals surface area contributed by atoms with E-state index in [4.69, 9.17) is 23.8 Å². The van der Waals surface area contributed by atoms with E-state index in [1.165, 1.54) is 17.5 Å². The zero-order chi connectivity index (χ0) is 18.0. The largest absolute Gasteiger partial charge is 0.436 e. The van der Waals surface area contributed by atoms with Gasteiger partial charge in [-0.25, -0.2) is 0 Å². The first-order valence-electron chi connectivity index (χ1n) is 8.74. The first-order valence-corrected chi connectivity index (χ1v) is 9.52. The summed E-state index contributed by atoms with van der Waals surface area (Å²) in [5.41, 5.74) is -0.442. The molecule has 3 rings (SSSR count). The minimum Gasteiger partial charge on any atom is -0.363 e. The number of halogens is 4. The summed E-state index contributed by atoms with van der Waals surface area (Å²) in [7, 11) is 0. The quantitative estimate of drug-likeness (QED) is 0.559. The summed E-state index contributed by atoms with van der Waals surface area (Å²) >= 11 is 11.2. The molecule has 1 aromatic rings. The SMILES string of the molecule is FC(F)(F)c1nn(CCCNC(=S)NC2CCCC2)c(C2CC2)c1Cl. The number of hydrogen-bond donors (Lipinski definition) is 2. The molecule has 2 N–H and O–H groups in total. The van der Waals surface area contributed by atoms with Crippen molar-refractivity contribution in [3.63, 3.8) is 0 Å². The van der Waals surface area contributed by atoms with Crippen LogP contribution in [0.5, 0.6) is 0 Å². The molecule has 1 aromatic heterocycles. The summed E-state index contributed by atoms with van der Waals surface area (Å²) in [5, 5.41) is 10.5. The minimum atomic E-state index is -4.52. The highest BCUT2D eigenvalue weighted by molar-refractivity contribution is 7.80. The van der Waals surface area contributed by atoms with Crippen molar-refractivity contribution < 1.29 is 13.2 Å². The van der Waals surface area contributed by atoms with Crippen molar-refractivity contribution in [2.45, 2.75) is 69.6 Å².